The van der Waals surface area contributed by atoms with Crippen LogP contribution in [0, 0.1) is 0 Å². The molecular formula is C16H34Br2N2. The van der Waals surface area contributed by atoms with E-state index in [0.717, 1.165) is 6.17 Å². The number of likely N-dealkylation sites (tertiary alicyclic amines) is 2. The molecule has 0 atom stereocenters. The fraction of sp³-hybridized carbons (Fsp3) is 1.00. The van der Waals surface area contributed by atoms with Gasteiger partial charge in [0.05, 0.1) is 46.7 Å². The van der Waals surface area contributed by atoms with Gasteiger partial charge in [0.25, 0.3) is 0 Å². The lowest BCUT2D eigenvalue weighted by Gasteiger charge is -2.47. The number of hydrogen-bond acceptors (Lipinski definition) is 0. The highest BCUT2D eigenvalue weighted by atomic mass is 79.9. The van der Waals surface area contributed by atoms with Crippen LogP contribution in [-0.4, -0.2) is 55.4 Å². The molecule has 2 nitrogen and oxygen atoms in total. The summed E-state index contributed by atoms with van der Waals surface area (Å²) in [5.74, 6) is 0. The van der Waals surface area contributed by atoms with Crippen LogP contribution in [0.2, 0.25) is 0 Å². The molecule has 0 spiro atoms. The molecule has 0 radical (unpaired) electrons. The average Bonchev–Trinajstić information content (AvgIpc) is 2.95. The van der Waals surface area contributed by atoms with Gasteiger partial charge in [-0.05, 0) is 6.42 Å². The van der Waals surface area contributed by atoms with Gasteiger partial charge in [0.1, 0.15) is 0 Å². The fourth-order valence-electron chi connectivity index (χ4n) is 4.58. The first-order valence-corrected chi connectivity index (χ1v) is 8.29. The Morgan fingerprint density at radius 2 is 1.15 bits per heavy atom. The van der Waals surface area contributed by atoms with E-state index in [1.54, 1.807) is 0 Å². The Labute approximate surface area is 147 Å². The van der Waals surface area contributed by atoms with Gasteiger partial charge < -0.3 is 34.0 Å². The van der Waals surface area contributed by atoms with E-state index in [2.05, 4.69) is 21.0 Å². The van der Waals surface area contributed by atoms with Crippen LogP contribution in [0.25, 0.3) is 0 Å². The second-order valence-corrected chi connectivity index (χ2v) is 7.24. The summed E-state index contributed by atoms with van der Waals surface area (Å²) in [7, 11) is 5.09. The summed E-state index contributed by atoms with van der Waals surface area (Å²) in [5.41, 5.74) is 0. The molecule has 4 heteroatoms. The maximum Gasteiger partial charge on any atom is 0.216 e. The van der Waals surface area contributed by atoms with Crippen LogP contribution in [-0.2, 0) is 0 Å². The van der Waals surface area contributed by atoms with Crippen molar-refractivity contribution in [3.63, 3.8) is 0 Å². The van der Waals surface area contributed by atoms with Crippen molar-refractivity contribution in [2.75, 3.05) is 40.3 Å². The molecule has 2 fully saturated rings. The molecule has 0 aromatic rings. The predicted molar refractivity (Wildman–Crippen MR) is 78.2 cm³/mol. The standard InChI is InChI=1S/C16H34N2.2BrH/c1-4-5-6-11-16(17(2)12-7-8-13-17)18(3)14-9-10-15-18;;/h16H,4-15H2,1-3H3;2*1H/q+2;;/p-2. The zero-order valence-corrected chi connectivity index (χ0v) is 16.9. The Kier molecular flexibility index (Phi) is 9.52. The second-order valence-electron chi connectivity index (χ2n) is 7.24. The van der Waals surface area contributed by atoms with Crippen molar-refractivity contribution in [1.82, 2.24) is 0 Å². The second kappa shape index (κ2) is 9.12. The van der Waals surface area contributed by atoms with Gasteiger partial charge in [-0.2, -0.15) is 0 Å². The van der Waals surface area contributed by atoms with Crippen molar-refractivity contribution in [2.24, 2.45) is 0 Å². The number of halogens is 2. The van der Waals surface area contributed by atoms with Crippen molar-refractivity contribution in [1.29, 1.82) is 0 Å². The number of nitrogens with zero attached hydrogens (tertiary/aromatic N) is 2. The summed E-state index contributed by atoms with van der Waals surface area (Å²) >= 11 is 0. The van der Waals surface area contributed by atoms with E-state index in [9.17, 15) is 0 Å². The minimum absolute atomic E-state index is 0. The summed E-state index contributed by atoms with van der Waals surface area (Å²) in [6, 6.07) is 0. The van der Waals surface area contributed by atoms with Gasteiger partial charge in [-0.25, -0.2) is 0 Å². The number of rotatable bonds is 6. The average molecular weight is 414 g/mol. The van der Waals surface area contributed by atoms with Crippen molar-refractivity contribution in [3.8, 4) is 0 Å². The van der Waals surface area contributed by atoms with Crippen molar-refractivity contribution < 1.29 is 42.9 Å². The minimum atomic E-state index is 0. The lowest BCUT2D eigenvalue weighted by Crippen LogP contribution is -3.00. The highest BCUT2D eigenvalue weighted by molar-refractivity contribution is 4.62. The highest BCUT2D eigenvalue weighted by Crippen LogP contribution is 2.33. The van der Waals surface area contributed by atoms with Gasteiger partial charge in [-0.1, -0.05) is 19.8 Å². The molecule has 20 heavy (non-hydrogen) atoms. The van der Waals surface area contributed by atoms with E-state index in [0.29, 0.717) is 0 Å². The third kappa shape index (κ3) is 4.69. The van der Waals surface area contributed by atoms with Gasteiger partial charge in [0.2, 0.25) is 6.17 Å². The van der Waals surface area contributed by atoms with Crippen LogP contribution >= 0.6 is 0 Å². The molecule has 2 heterocycles. The lowest BCUT2D eigenvalue weighted by molar-refractivity contribution is -1.11. The van der Waals surface area contributed by atoms with Crippen LogP contribution in [0.3, 0.4) is 0 Å². The minimum Gasteiger partial charge on any atom is -1.00 e. The molecular weight excluding hydrogens is 380 g/mol. The van der Waals surface area contributed by atoms with Gasteiger partial charge in [-0.3, -0.25) is 8.97 Å². The number of hydrogen-bond donors (Lipinski definition) is 0. The molecule has 122 valence electrons. The Morgan fingerprint density at radius 1 is 0.750 bits per heavy atom. The summed E-state index contributed by atoms with van der Waals surface area (Å²) in [5, 5.41) is 0. The van der Waals surface area contributed by atoms with Crippen LogP contribution in [0.15, 0.2) is 0 Å². The lowest BCUT2D eigenvalue weighted by atomic mass is 10.1. The molecule has 2 saturated heterocycles. The Balaban J connectivity index is 0.00000180. The van der Waals surface area contributed by atoms with E-state index >= 15 is 0 Å². The molecule has 0 aliphatic carbocycles. The Bertz CT molecular complexity index is 237. The third-order valence-corrected chi connectivity index (χ3v) is 5.68. The first kappa shape index (κ1) is 20.9. The number of unbranched alkanes of at least 4 members (excludes halogenated alkanes) is 2. The molecule has 2 aliphatic heterocycles. The molecule has 0 amide bonds. The van der Waals surface area contributed by atoms with Gasteiger partial charge >= 0.3 is 0 Å². The summed E-state index contributed by atoms with van der Waals surface area (Å²) < 4.78 is 2.75. The van der Waals surface area contributed by atoms with Crippen molar-refractivity contribution in [2.45, 2.75) is 64.5 Å². The van der Waals surface area contributed by atoms with Crippen molar-refractivity contribution in [3.05, 3.63) is 0 Å². The molecule has 0 aromatic heterocycles. The summed E-state index contributed by atoms with van der Waals surface area (Å²) in [6.07, 6.45) is 12.4. The fourth-order valence-corrected chi connectivity index (χ4v) is 4.58. The SMILES string of the molecule is CCCCCC([N+]1(C)CCCC1)[N+]1(C)CCCC1.[Br-].[Br-]. The smallest absolute Gasteiger partial charge is 0.216 e. The van der Waals surface area contributed by atoms with E-state index < -0.39 is 0 Å². The topological polar surface area (TPSA) is 0 Å². The highest BCUT2D eigenvalue weighted by Gasteiger charge is 2.48. The summed E-state index contributed by atoms with van der Waals surface area (Å²) in [4.78, 5) is 0. The van der Waals surface area contributed by atoms with Crippen LogP contribution in [0.4, 0.5) is 0 Å². The quantitative estimate of drug-likeness (QED) is 0.330. The van der Waals surface area contributed by atoms with Crippen LogP contribution < -0.4 is 34.0 Å². The predicted octanol–water partition coefficient (Wildman–Crippen LogP) is -2.62. The molecule has 0 aromatic carbocycles. The monoisotopic (exact) mass is 412 g/mol. The molecule has 2 rings (SSSR count). The normalized spacial score (nSPS) is 23.4. The first-order valence-electron chi connectivity index (χ1n) is 8.29. The maximum absolute atomic E-state index is 2.55. The van der Waals surface area contributed by atoms with Gasteiger partial charge in [-0.15, -0.1) is 0 Å². The zero-order valence-electron chi connectivity index (χ0n) is 13.7. The Hall–Kier alpha value is 0.880. The molecule has 0 unspecified atom stereocenters. The largest absolute Gasteiger partial charge is 1.00 e. The maximum atomic E-state index is 2.55. The zero-order chi connectivity index (χ0) is 13.1. The molecule has 0 bridgehead atoms. The summed E-state index contributed by atoms with van der Waals surface area (Å²) in [6.45, 7) is 8.07. The molecule has 2 aliphatic rings. The van der Waals surface area contributed by atoms with Crippen LogP contribution in [0.5, 0.6) is 0 Å². The van der Waals surface area contributed by atoms with E-state index in [4.69, 9.17) is 0 Å². The molecule has 0 saturated carbocycles. The van der Waals surface area contributed by atoms with E-state index in [1.165, 1.54) is 86.5 Å². The van der Waals surface area contributed by atoms with Crippen LogP contribution in [0.1, 0.15) is 58.3 Å². The van der Waals surface area contributed by atoms with Gasteiger partial charge in [0, 0.05) is 25.7 Å². The van der Waals surface area contributed by atoms with E-state index in [-0.39, 0.29) is 34.0 Å². The van der Waals surface area contributed by atoms with Gasteiger partial charge in [0.15, 0.2) is 0 Å². The third-order valence-electron chi connectivity index (χ3n) is 5.68. The number of quaternary nitrogens is 2. The molecule has 0 N–H and O–H groups in total. The first-order chi connectivity index (χ1) is 8.61. The Morgan fingerprint density at radius 3 is 1.50 bits per heavy atom. The van der Waals surface area contributed by atoms with Crippen molar-refractivity contribution >= 4 is 0 Å². The van der Waals surface area contributed by atoms with E-state index in [1.807, 2.05) is 0 Å².